The first-order chi connectivity index (χ1) is 8.47. The van der Waals surface area contributed by atoms with Crippen molar-refractivity contribution in [3.8, 4) is 0 Å². The van der Waals surface area contributed by atoms with Crippen molar-refractivity contribution in [1.29, 1.82) is 0 Å². The second-order valence-corrected chi connectivity index (χ2v) is 5.25. The monoisotopic (exact) mass is 312 g/mol. The van der Waals surface area contributed by atoms with E-state index in [0.717, 1.165) is 10.2 Å². The molecular weight excluding hydrogens is 300 g/mol. The largest absolute Gasteiger partial charge is 0.481 e. The van der Waals surface area contributed by atoms with E-state index >= 15 is 0 Å². The number of nitrogens with zero attached hydrogens (tertiary/aromatic N) is 1. The lowest BCUT2D eigenvalue weighted by Gasteiger charge is -2.32. The molecule has 0 radical (unpaired) electrons. The Morgan fingerprint density at radius 1 is 1.61 bits per heavy atom. The Morgan fingerprint density at radius 2 is 2.33 bits per heavy atom. The minimum absolute atomic E-state index is 0.123. The molecule has 1 unspecified atom stereocenters. The van der Waals surface area contributed by atoms with Gasteiger partial charge in [0.05, 0.1) is 23.8 Å². The molecule has 5 nitrogen and oxygen atoms in total. The van der Waals surface area contributed by atoms with Crippen LogP contribution < -0.4 is 10.2 Å². The molecule has 0 saturated carbocycles. The van der Waals surface area contributed by atoms with Crippen LogP contribution >= 0.6 is 15.9 Å². The van der Waals surface area contributed by atoms with Gasteiger partial charge in [0.15, 0.2) is 0 Å². The minimum Gasteiger partial charge on any atom is -0.481 e. The van der Waals surface area contributed by atoms with Gasteiger partial charge >= 0.3 is 5.97 Å². The summed E-state index contributed by atoms with van der Waals surface area (Å²) >= 11 is 3.37. The zero-order valence-corrected chi connectivity index (χ0v) is 11.4. The lowest BCUT2D eigenvalue weighted by Crippen LogP contribution is -2.41. The minimum atomic E-state index is -0.863. The first-order valence-corrected chi connectivity index (χ1v) is 6.34. The van der Waals surface area contributed by atoms with E-state index in [0.29, 0.717) is 12.2 Å². The predicted octanol–water partition coefficient (Wildman–Crippen LogP) is 1.93. The van der Waals surface area contributed by atoms with Gasteiger partial charge in [0.1, 0.15) is 0 Å². The van der Waals surface area contributed by atoms with Crippen molar-refractivity contribution in [3.63, 3.8) is 0 Å². The van der Waals surface area contributed by atoms with Crippen LogP contribution in [0.1, 0.15) is 6.92 Å². The molecule has 18 heavy (non-hydrogen) atoms. The molecular formula is C12H13BrN2O3. The van der Waals surface area contributed by atoms with Crippen molar-refractivity contribution < 1.29 is 14.7 Å². The molecule has 1 aromatic rings. The first kappa shape index (κ1) is 12.9. The number of carbonyl (C=O) groups excluding carboxylic acids is 1. The standard InChI is InChI=1S/C12H13BrN2O3/c1-7(12(17)18)5-15-6-11(16)14-9-3-2-8(13)4-10(9)15/h2-4,7H,5-6H2,1H3,(H,14,16)(H,17,18). The molecule has 1 aromatic carbocycles. The van der Waals surface area contributed by atoms with Crippen LogP contribution in [0.3, 0.4) is 0 Å². The van der Waals surface area contributed by atoms with Gasteiger partial charge in [-0.25, -0.2) is 0 Å². The maximum absolute atomic E-state index is 11.6. The maximum atomic E-state index is 11.6. The number of amides is 1. The lowest BCUT2D eigenvalue weighted by molar-refractivity contribution is -0.140. The Kier molecular flexibility index (Phi) is 3.56. The number of anilines is 2. The highest BCUT2D eigenvalue weighted by molar-refractivity contribution is 9.10. The Bertz CT molecular complexity index is 504. The number of carboxylic acid groups (broad SMARTS) is 1. The number of rotatable bonds is 3. The summed E-state index contributed by atoms with van der Waals surface area (Å²) in [6.07, 6.45) is 0. The number of benzene rings is 1. The average Bonchev–Trinajstić information content (AvgIpc) is 2.29. The van der Waals surface area contributed by atoms with Crippen molar-refractivity contribution >= 4 is 39.2 Å². The lowest BCUT2D eigenvalue weighted by atomic mass is 10.1. The molecule has 1 atom stereocenters. The maximum Gasteiger partial charge on any atom is 0.308 e. The highest BCUT2D eigenvalue weighted by atomic mass is 79.9. The summed E-state index contributed by atoms with van der Waals surface area (Å²) in [4.78, 5) is 24.2. The van der Waals surface area contributed by atoms with Gasteiger partial charge in [0.2, 0.25) is 5.91 Å². The summed E-state index contributed by atoms with van der Waals surface area (Å²) < 4.78 is 0.894. The highest BCUT2D eigenvalue weighted by Crippen LogP contribution is 2.32. The van der Waals surface area contributed by atoms with E-state index in [4.69, 9.17) is 5.11 Å². The van der Waals surface area contributed by atoms with Crippen LogP contribution in [0.25, 0.3) is 0 Å². The number of carboxylic acids is 1. The van der Waals surface area contributed by atoms with E-state index in [9.17, 15) is 9.59 Å². The quantitative estimate of drug-likeness (QED) is 0.894. The van der Waals surface area contributed by atoms with E-state index in [1.165, 1.54) is 0 Å². The third-order valence-corrected chi connectivity index (χ3v) is 3.32. The van der Waals surface area contributed by atoms with E-state index in [2.05, 4.69) is 21.2 Å². The second kappa shape index (κ2) is 4.97. The van der Waals surface area contributed by atoms with Crippen LogP contribution in [0.15, 0.2) is 22.7 Å². The number of hydrogen-bond donors (Lipinski definition) is 2. The van der Waals surface area contributed by atoms with Gasteiger partial charge in [-0.3, -0.25) is 9.59 Å². The molecule has 0 aromatic heterocycles. The molecule has 2 rings (SSSR count). The topological polar surface area (TPSA) is 69.6 Å². The smallest absolute Gasteiger partial charge is 0.308 e. The number of nitrogens with one attached hydrogen (secondary N) is 1. The molecule has 0 bridgehead atoms. The SMILES string of the molecule is CC(CN1CC(=O)Nc2ccc(Br)cc21)C(=O)O. The van der Waals surface area contributed by atoms with E-state index in [1.807, 2.05) is 12.1 Å². The fraction of sp³-hybridized carbons (Fsp3) is 0.333. The van der Waals surface area contributed by atoms with Crippen LogP contribution in [0.4, 0.5) is 11.4 Å². The Hall–Kier alpha value is -1.56. The molecule has 0 spiro atoms. The van der Waals surface area contributed by atoms with E-state index in [-0.39, 0.29) is 12.5 Å². The molecule has 6 heteroatoms. The average molecular weight is 313 g/mol. The van der Waals surface area contributed by atoms with Gasteiger partial charge in [0, 0.05) is 11.0 Å². The number of hydrogen-bond acceptors (Lipinski definition) is 3. The van der Waals surface area contributed by atoms with Gasteiger partial charge in [-0.15, -0.1) is 0 Å². The third-order valence-electron chi connectivity index (χ3n) is 2.82. The van der Waals surface area contributed by atoms with Crippen LogP contribution in [-0.4, -0.2) is 30.1 Å². The van der Waals surface area contributed by atoms with E-state index < -0.39 is 11.9 Å². The zero-order chi connectivity index (χ0) is 13.3. The molecule has 0 fully saturated rings. The third kappa shape index (κ3) is 2.64. The summed E-state index contributed by atoms with van der Waals surface area (Å²) in [6.45, 7) is 2.12. The van der Waals surface area contributed by atoms with Crippen molar-refractivity contribution in [2.24, 2.45) is 5.92 Å². The first-order valence-electron chi connectivity index (χ1n) is 5.54. The molecule has 0 aliphatic carbocycles. The molecule has 1 amide bonds. The Labute approximate surface area is 113 Å². The van der Waals surface area contributed by atoms with Crippen LogP contribution in [0.2, 0.25) is 0 Å². The van der Waals surface area contributed by atoms with Gasteiger partial charge in [-0.2, -0.15) is 0 Å². The number of halogens is 1. The van der Waals surface area contributed by atoms with Crippen LogP contribution in [0.5, 0.6) is 0 Å². The van der Waals surface area contributed by atoms with Gasteiger partial charge in [-0.1, -0.05) is 22.9 Å². The van der Waals surface area contributed by atoms with Crippen molar-refractivity contribution in [2.45, 2.75) is 6.92 Å². The fourth-order valence-electron chi connectivity index (χ4n) is 1.89. The van der Waals surface area contributed by atoms with Crippen molar-refractivity contribution in [2.75, 3.05) is 23.3 Å². The number of carbonyl (C=O) groups is 2. The Balaban J connectivity index is 2.29. The van der Waals surface area contributed by atoms with E-state index in [1.54, 1.807) is 17.9 Å². The van der Waals surface area contributed by atoms with Gasteiger partial charge in [-0.05, 0) is 18.2 Å². The predicted molar refractivity (Wildman–Crippen MR) is 71.8 cm³/mol. The normalized spacial score (nSPS) is 15.9. The molecule has 1 heterocycles. The molecule has 0 saturated heterocycles. The summed E-state index contributed by atoms with van der Waals surface area (Å²) in [7, 11) is 0. The summed E-state index contributed by atoms with van der Waals surface area (Å²) in [5, 5.41) is 11.7. The number of aliphatic carboxylic acids is 1. The summed E-state index contributed by atoms with van der Waals surface area (Å²) in [5.74, 6) is -1.51. The molecule has 1 aliphatic heterocycles. The Morgan fingerprint density at radius 3 is 3.00 bits per heavy atom. The molecule has 2 N–H and O–H groups in total. The van der Waals surface area contributed by atoms with Gasteiger partial charge in [0.25, 0.3) is 0 Å². The highest BCUT2D eigenvalue weighted by Gasteiger charge is 2.25. The molecule has 1 aliphatic rings. The second-order valence-electron chi connectivity index (χ2n) is 4.33. The fourth-order valence-corrected chi connectivity index (χ4v) is 2.24. The number of fused-ring (bicyclic) bond motifs is 1. The summed E-state index contributed by atoms with van der Waals surface area (Å²) in [6, 6.07) is 5.52. The zero-order valence-electron chi connectivity index (χ0n) is 9.81. The van der Waals surface area contributed by atoms with Crippen LogP contribution in [0, 0.1) is 5.92 Å². The van der Waals surface area contributed by atoms with Crippen molar-refractivity contribution in [3.05, 3.63) is 22.7 Å². The van der Waals surface area contributed by atoms with Crippen molar-refractivity contribution in [1.82, 2.24) is 0 Å². The van der Waals surface area contributed by atoms with Crippen LogP contribution in [-0.2, 0) is 9.59 Å². The summed E-state index contributed by atoms with van der Waals surface area (Å²) in [5.41, 5.74) is 1.56. The molecule has 96 valence electrons. The van der Waals surface area contributed by atoms with Gasteiger partial charge < -0.3 is 15.3 Å².